The first-order valence-corrected chi connectivity index (χ1v) is 9.91. The first-order valence-electron chi connectivity index (χ1n) is 5.79. The molecule has 120 valence electrons. The van der Waals surface area contributed by atoms with E-state index in [1.807, 2.05) is 0 Å². The van der Waals surface area contributed by atoms with Gasteiger partial charge < -0.3 is 5.32 Å². The summed E-state index contributed by atoms with van der Waals surface area (Å²) < 4.78 is 48.4. The first kappa shape index (κ1) is 17.8. The van der Waals surface area contributed by atoms with Gasteiger partial charge in [-0.15, -0.1) is 0 Å². The maximum atomic E-state index is 12.0. The first-order chi connectivity index (χ1) is 9.63. The van der Waals surface area contributed by atoms with Gasteiger partial charge in [0, 0.05) is 25.4 Å². The molecule has 9 nitrogen and oxygen atoms in total. The minimum absolute atomic E-state index is 0.0803. The number of anilines is 1. The molecule has 0 bridgehead atoms. The SMILES string of the molecule is CCS(=O)(=O)CCNS(=O)(=O)c1cc([N+](=O)[O-])c(NC)s1. The summed E-state index contributed by atoms with van der Waals surface area (Å²) in [5.41, 5.74) is -0.343. The van der Waals surface area contributed by atoms with E-state index in [0.29, 0.717) is 11.3 Å². The van der Waals surface area contributed by atoms with E-state index in [0.717, 1.165) is 6.07 Å². The molecule has 0 radical (unpaired) electrons. The number of sulfonamides is 1. The average Bonchev–Trinajstić information content (AvgIpc) is 2.83. The molecule has 0 aliphatic rings. The third-order valence-corrected chi connectivity index (χ3v) is 7.31. The van der Waals surface area contributed by atoms with E-state index < -0.39 is 24.8 Å². The van der Waals surface area contributed by atoms with Gasteiger partial charge in [0.05, 0.1) is 10.7 Å². The summed E-state index contributed by atoms with van der Waals surface area (Å²) in [6.45, 7) is 1.19. The van der Waals surface area contributed by atoms with Crippen LogP contribution in [0.25, 0.3) is 0 Å². The average molecular weight is 357 g/mol. The van der Waals surface area contributed by atoms with Gasteiger partial charge in [0.2, 0.25) is 10.0 Å². The zero-order valence-corrected chi connectivity index (χ0v) is 13.8. The van der Waals surface area contributed by atoms with Crippen LogP contribution >= 0.6 is 11.3 Å². The fourth-order valence-corrected chi connectivity index (χ4v) is 4.54. The maximum Gasteiger partial charge on any atom is 0.304 e. The molecule has 1 heterocycles. The molecule has 0 aliphatic heterocycles. The Hall–Kier alpha value is -1.24. The summed E-state index contributed by atoms with van der Waals surface area (Å²) in [6.07, 6.45) is 0. The van der Waals surface area contributed by atoms with Gasteiger partial charge >= 0.3 is 5.69 Å². The quantitative estimate of drug-likeness (QED) is 0.508. The Morgan fingerprint density at radius 3 is 2.38 bits per heavy atom. The van der Waals surface area contributed by atoms with Crippen molar-refractivity contribution in [2.45, 2.75) is 11.1 Å². The summed E-state index contributed by atoms with van der Waals surface area (Å²) >= 11 is 0.706. The number of nitro groups is 1. The molecule has 1 aromatic heterocycles. The van der Waals surface area contributed by atoms with Crippen molar-refractivity contribution in [3.8, 4) is 0 Å². The zero-order valence-electron chi connectivity index (χ0n) is 11.3. The number of thiophene rings is 1. The molecule has 0 spiro atoms. The van der Waals surface area contributed by atoms with Crippen molar-refractivity contribution in [1.82, 2.24) is 4.72 Å². The molecule has 0 fully saturated rings. The van der Waals surface area contributed by atoms with Gasteiger partial charge in [-0.1, -0.05) is 18.3 Å². The molecule has 2 N–H and O–H groups in total. The predicted molar refractivity (Wildman–Crippen MR) is 80.0 cm³/mol. The van der Waals surface area contributed by atoms with Crippen LogP contribution in [0.1, 0.15) is 6.92 Å². The van der Waals surface area contributed by atoms with E-state index in [9.17, 15) is 26.9 Å². The molecule has 0 saturated carbocycles. The highest BCUT2D eigenvalue weighted by molar-refractivity contribution is 7.92. The van der Waals surface area contributed by atoms with Crippen LogP contribution in [0, 0.1) is 10.1 Å². The smallest absolute Gasteiger partial charge is 0.304 e. The maximum absolute atomic E-state index is 12.0. The van der Waals surface area contributed by atoms with Crippen LogP contribution in [0.3, 0.4) is 0 Å². The number of hydrogen-bond acceptors (Lipinski definition) is 8. The zero-order chi connectivity index (χ0) is 16.3. The van der Waals surface area contributed by atoms with E-state index in [4.69, 9.17) is 0 Å². The predicted octanol–water partition coefficient (Wildman–Crippen LogP) is 0.411. The highest BCUT2D eigenvalue weighted by Crippen LogP contribution is 2.36. The Kier molecular flexibility index (Phi) is 5.67. The van der Waals surface area contributed by atoms with Crippen LogP contribution in [0.15, 0.2) is 10.3 Å². The van der Waals surface area contributed by atoms with Crippen molar-refractivity contribution in [2.75, 3.05) is 30.4 Å². The monoisotopic (exact) mass is 357 g/mol. The van der Waals surface area contributed by atoms with Gasteiger partial charge in [0.1, 0.15) is 4.21 Å². The van der Waals surface area contributed by atoms with Crippen molar-refractivity contribution in [1.29, 1.82) is 0 Å². The Morgan fingerprint density at radius 2 is 1.95 bits per heavy atom. The Bertz CT molecular complexity index is 722. The minimum atomic E-state index is -3.98. The van der Waals surface area contributed by atoms with Gasteiger partial charge in [0.15, 0.2) is 14.8 Å². The molecule has 1 rings (SSSR count). The molecular weight excluding hydrogens is 342 g/mol. The number of rotatable bonds is 8. The van der Waals surface area contributed by atoms with Crippen LogP contribution in [0.2, 0.25) is 0 Å². The lowest BCUT2D eigenvalue weighted by Crippen LogP contribution is -2.29. The van der Waals surface area contributed by atoms with Gasteiger partial charge in [-0.2, -0.15) is 0 Å². The lowest BCUT2D eigenvalue weighted by atomic mass is 10.5. The Balaban J connectivity index is 2.91. The van der Waals surface area contributed by atoms with Gasteiger partial charge in [-0.3, -0.25) is 10.1 Å². The molecule has 0 atom stereocenters. The van der Waals surface area contributed by atoms with Crippen LogP contribution < -0.4 is 10.0 Å². The number of hydrogen-bond donors (Lipinski definition) is 2. The van der Waals surface area contributed by atoms with E-state index in [1.165, 1.54) is 14.0 Å². The second kappa shape index (κ2) is 6.68. The highest BCUT2D eigenvalue weighted by atomic mass is 32.2. The summed E-state index contributed by atoms with van der Waals surface area (Å²) in [5, 5.41) is 13.4. The fourth-order valence-electron chi connectivity index (χ4n) is 1.35. The number of sulfone groups is 1. The van der Waals surface area contributed by atoms with E-state index in [1.54, 1.807) is 0 Å². The van der Waals surface area contributed by atoms with Crippen LogP contribution in [0.5, 0.6) is 0 Å². The molecule has 0 aromatic carbocycles. The molecule has 0 amide bonds. The summed E-state index contributed by atoms with van der Waals surface area (Å²) in [6, 6.07) is 0.938. The Labute approximate surface area is 126 Å². The third kappa shape index (κ3) is 4.62. The van der Waals surface area contributed by atoms with Crippen LogP contribution in [-0.2, 0) is 19.9 Å². The fraction of sp³-hybridized carbons (Fsp3) is 0.556. The second-order valence-electron chi connectivity index (χ2n) is 3.92. The number of nitrogens with zero attached hydrogens (tertiary/aromatic N) is 1. The van der Waals surface area contributed by atoms with Gasteiger partial charge in [0.25, 0.3) is 0 Å². The molecule has 0 unspecified atom stereocenters. The van der Waals surface area contributed by atoms with Crippen LogP contribution in [0.4, 0.5) is 10.7 Å². The van der Waals surface area contributed by atoms with Gasteiger partial charge in [-0.25, -0.2) is 21.6 Å². The third-order valence-electron chi connectivity index (χ3n) is 2.52. The second-order valence-corrected chi connectivity index (χ2v) is 9.44. The Morgan fingerprint density at radius 1 is 1.33 bits per heavy atom. The van der Waals surface area contributed by atoms with Crippen molar-refractivity contribution in [3.05, 3.63) is 16.2 Å². The summed E-state index contributed by atoms with van der Waals surface area (Å²) in [5.74, 6) is -0.405. The molecular formula is C9H15N3O6S3. The van der Waals surface area contributed by atoms with Gasteiger partial charge in [-0.05, 0) is 0 Å². The minimum Gasteiger partial charge on any atom is -0.374 e. The van der Waals surface area contributed by atoms with Crippen molar-refractivity contribution >= 4 is 41.9 Å². The summed E-state index contributed by atoms with van der Waals surface area (Å²) in [7, 11) is -5.82. The summed E-state index contributed by atoms with van der Waals surface area (Å²) in [4.78, 5) is 10.1. The number of nitrogens with one attached hydrogen (secondary N) is 2. The van der Waals surface area contributed by atoms with E-state index >= 15 is 0 Å². The van der Waals surface area contributed by atoms with E-state index in [2.05, 4.69) is 10.0 Å². The molecule has 0 saturated heterocycles. The highest BCUT2D eigenvalue weighted by Gasteiger charge is 2.25. The molecule has 21 heavy (non-hydrogen) atoms. The van der Waals surface area contributed by atoms with Crippen LogP contribution in [-0.4, -0.2) is 46.9 Å². The largest absolute Gasteiger partial charge is 0.374 e. The standard InChI is InChI=1S/C9H15N3O6S3/c1-3-20(15,16)5-4-11-21(17,18)8-6-7(12(13)14)9(10-2)19-8/h6,10-11H,3-5H2,1-2H3. The molecule has 1 aromatic rings. The van der Waals surface area contributed by atoms with Crippen molar-refractivity contribution < 1.29 is 21.8 Å². The molecule has 12 heteroatoms. The van der Waals surface area contributed by atoms with Crippen molar-refractivity contribution in [3.63, 3.8) is 0 Å². The topological polar surface area (TPSA) is 135 Å². The molecule has 0 aliphatic carbocycles. The normalized spacial score (nSPS) is 12.3. The lowest BCUT2D eigenvalue weighted by molar-refractivity contribution is -0.383. The lowest BCUT2D eigenvalue weighted by Gasteiger charge is -2.04. The van der Waals surface area contributed by atoms with Crippen molar-refractivity contribution in [2.24, 2.45) is 0 Å². The van der Waals surface area contributed by atoms with E-state index in [-0.39, 0.29) is 32.9 Å².